The van der Waals surface area contributed by atoms with Gasteiger partial charge >= 0.3 is 10.4 Å². The van der Waals surface area contributed by atoms with Crippen LogP contribution >= 0.6 is 0 Å². The molecule has 0 aromatic heterocycles. The Hall–Kier alpha value is -0.950. The first-order valence-electron chi connectivity index (χ1n) is 4.18. The summed E-state index contributed by atoms with van der Waals surface area (Å²) in [6, 6.07) is 0. The van der Waals surface area contributed by atoms with Crippen LogP contribution in [-0.4, -0.2) is 30.8 Å². The summed E-state index contributed by atoms with van der Waals surface area (Å²) in [6.07, 6.45) is 2.22. The second kappa shape index (κ2) is 4.28. The highest BCUT2D eigenvalue weighted by molar-refractivity contribution is 7.80. The van der Waals surface area contributed by atoms with Crippen molar-refractivity contribution in [2.24, 2.45) is 0 Å². The molecule has 84 valence electrons. The molecule has 0 bridgehead atoms. The van der Waals surface area contributed by atoms with Crippen LogP contribution in [0.15, 0.2) is 35.5 Å². The number of aliphatic hydroxyl groups excluding tert-OH is 1. The van der Waals surface area contributed by atoms with Crippen molar-refractivity contribution < 1.29 is 22.3 Å². The van der Waals surface area contributed by atoms with Gasteiger partial charge in [0.05, 0.1) is 6.61 Å². The largest absolute Gasteiger partial charge is 0.398 e. The van der Waals surface area contributed by atoms with Gasteiger partial charge in [-0.3, -0.25) is 4.55 Å². The fourth-order valence-corrected chi connectivity index (χ4v) is 1.82. The van der Waals surface area contributed by atoms with E-state index in [-0.39, 0.29) is 6.61 Å². The number of rotatable bonds is 3. The van der Waals surface area contributed by atoms with Gasteiger partial charge in [-0.15, -0.1) is 0 Å². The predicted octanol–water partition coefficient (Wildman–Crippen LogP) is 0.609. The number of aliphatic hydroxyl groups is 1. The fraction of sp³-hybridized carbons (Fsp3) is 0.333. The summed E-state index contributed by atoms with van der Waals surface area (Å²) in [6.45, 7) is 4.98. The third kappa shape index (κ3) is 3.00. The zero-order chi connectivity index (χ0) is 11.6. The normalized spacial score (nSPS) is 22.3. The Kier molecular flexibility index (Phi) is 3.46. The van der Waals surface area contributed by atoms with E-state index in [1.807, 2.05) is 0 Å². The van der Waals surface area contributed by atoms with Crippen molar-refractivity contribution in [1.82, 2.24) is 0 Å². The van der Waals surface area contributed by atoms with E-state index < -0.39 is 16.5 Å². The molecular weight excluding hydrogens is 220 g/mol. The Morgan fingerprint density at radius 3 is 2.60 bits per heavy atom. The predicted molar refractivity (Wildman–Crippen MR) is 54.5 cm³/mol. The molecule has 1 aliphatic carbocycles. The van der Waals surface area contributed by atoms with Crippen LogP contribution < -0.4 is 0 Å². The molecular formula is C9H12O5S. The van der Waals surface area contributed by atoms with Crippen molar-refractivity contribution in [2.45, 2.75) is 13.0 Å². The fourth-order valence-electron chi connectivity index (χ4n) is 1.31. The van der Waals surface area contributed by atoms with E-state index in [1.165, 1.54) is 6.08 Å². The van der Waals surface area contributed by atoms with Gasteiger partial charge < -0.3 is 5.11 Å². The Morgan fingerprint density at radius 1 is 1.53 bits per heavy atom. The molecule has 5 nitrogen and oxygen atoms in total. The molecule has 0 aromatic carbocycles. The molecule has 15 heavy (non-hydrogen) atoms. The second-order valence-electron chi connectivity index (χ2n) is 3.18. The topological polar surface area (TPSA) is 83.8 Å². The minimum atomic E-state index is -4.53. The molecule has 0 amide bonds. The van der Waals surface area contributed by atoms with Crippen molar-refractivity contribution >= 4 is 10.4 Å². The molecule has 2 N–H and O–H groups in total. The molecule has 1 unspecified atom stereocenters. The molecule has 1 rings (SSSR count). The minimum Gasteiger partial charge on any atom is -0.392 e. The smallest absolute Gasteiger partial charge is 0.392 e. The number of hydrogen-bond acceptors (Lipinski definition) is 4. The van der Waals surface area contributed by atoms with Crippen molar-refractivity contribution in [2.75, 3.05) is 6.61 Å². The maximum absolute atomic E-state index is 10.6. The lowest BCUT2D eigenvalue weighted by Crippen LogP contribution is -2.23. The molecule has 6 heteroatoms. The maximum Gasteiger partial charge on any atom is 0.398 e. The molecule has 0 fully saturated rings. The van der Waals surface area contributed by atoms with Crippen LogP contribution in [0.4, 0.5) is 0 Å². The van der Waals surface area contributed by atoms with Crippen LogP contribution in [-0.2, 0) is 14.6 Å². The van der Waals surface area contributed by atoms with E-state index in [9.17, 15) is 8.42 Å². The first-order valence-corrected chi connectivity index (χ1v) is 5.54. The molecule has 0 saturated heterocycles. The van der Waals surface area contributed by atoms with Gasteiger partial charge in [-0.05, 0) is 23.6 Å². The quantitative estimate of drug-likeness (QED) is 0.696. The monoisotopic (exact) mass is 232 g/mol. The van der Waals surface area contributed by atoms with Crippen LogP contribution in [0, 0.1) is 0 Å². The molecule has 0 heterocycles. The van der Waals surface area contributed by atoms with Crippen molar-refractivity contribution in [3.05, 3.63) is 35.5 Å². The lowest BCUT2D eigenvalue weighted by atomic mass is 9.93. The van der Waals surface area contributed by atoms with Gasteiger partial charge in [-0.1, -0.05) is 18.7 Å². The third-order valence-corrected chi connectivity index (χ3v) is 2.56. The second-order valence-corrected chi connectivity index (χ2v) is 4.23. The van der Waals surface area contributed by atoms with Gasteiger partial charge in [0.25, 0.3) is 0 Å². The first-order chi connectivity index (χ1) is 6.85. The van der Waals surface area contributed by atoms with Crippen molar-refractivity contribution in [3.8, 4) is 0 Å². The highest BCUT2D eigenvalue weighted by Gasteiger charge is 2.24. The van der Waals surface area contributed by atoms with E-state index in [4.69, 9.17) is 9.66 Å². The summed E-state index contributed by atoms with van der Waals surface area (Å²) in [5, 5.41) is 8.96. The SMILES string of the molecule is C=C1C=CC(CO)=C(C)C1OS(=O)(=O)O. The van der Waals surface area contributed by atoms with Gasteiger partial charge in [0.15, 0.2) is 0 Å². The van der Waals surface area contributed by atoms with E-state index in [0.29, 0.717) is 16.7 Å². The third-order valence-electron chi connectivity index (χ3n) is 2.12. The van der Waals surface area contributed by atoms with Crippen LogP contribution in [0.2, 0.25) is 0 Å². The van der Waals surface area contributed by atoms with E-state index >= 15 is 0 Å². The Labute approximate surface area is 88.3 Å². The van der Waals surface area contributed by atoms with Gasteiger partial charge in [-0.2, -0.15) is 8.42 Å². The zero-order valence-corrected chi connectivity index (χ0v) is 8.99. The molecule has 0 saturated carbocycles. The van der Waals surface area contributed by atoms with Crippen LogP contribution in [0.1, 0.15) is 6.92 Å². The van der Waals surface area contributed by atoms with E-state index in [1.54, 1.807) is 13.0 Å². The Bertz CT molecular complexity index is 429. The highest BCUT2D eigenvalue weighted by atomic mass is 32.3. The first kappa shape index (κ1) is 12.1. The van der Waals surface area contributed by atoms with Crippen LogP contribution in [0.3, 0.4) is 0 Å². The summed E-state index contributed by atoms with van der Waals surface area (Å²) < 4.78 is 34.1. The molecule has 0 aromatic rings. The summed E-state index contributed by atoms with van der Waals surface area (Å²) in [4.78, 5) is 0. The molecule has 0 spiro atoms. The zero-order valence-electron chi connectivity index (χ0n) is 8.17. The highest BCUT2D eigenvalue weighted by Crippen LogP contribution is 2.25. The van der Waals surface area contributed by atoms with Gasteiger partial charge in [-0.25, -0.2) is 4.18 Å². The average Bonchev–Trinajstić information content (AvgIpc) is 2.11. The molecule has 1 atom stereocenters. The maximum atomic E-state index is 10.6. The Balaban J connectivity index is 3.02. The average molecular weight is 232 g/mol. The molecule has 0 aliphatic heterocycles. The summed E-state index contributed by atoms with van der Waals surface area (Å²) >= 11 is 0. The van der Waals surface area contributed by atoms with E-state index in [0.717, 1.165) is 0 Å². The Morgan fingerprint density at radius 2 is 2.13 bits per heavy atom. The standard InChI is InChI=1S/C9H12O5S/c1-6-3-4-8(5-10)7(2)9(6)14-15(11,12)13/h3-4,9-10H,1,5H2,2H3,(H,11,12,13). The lowest BCUT2D eigenvalue weighted by molar-refractivity contribution is 0.235. The van der Waals surface area contributed by atoms with Gasteiger partial charge in [0, 0.05) is 0 Å². The minimum absolute atomic E-state index is 0.221. The summed E-state index contributed by atoms with van der Waals surface area (Å²) in [5.41, 5.74) is 1.47. The van der Waals surface area contributed by atoms with Crippen molar-refractivity contribution in [3.63, 3.8) is 0 Å². The molecule has 1 aliphatic rings. The van der Waals surface area contributed by atoms with Crippen molar-refractivity contribution in [1.29, 1.82) is 0 Å². The summed E-state index contributed by atoms with van der Waals surface area (Å²) in [7, 11) is -4.53. The van der Waals surface area contributed by atoms with Gasteiger partial charge in [0.1, 0.15) is 6.10 Å². The number of hydrogen-bond donors (Lipinski definition) is 2. The van der Waals surface area contributed by atoms with Crippen LogP contribution in [0.5, 0.6) is 0 Å². The molecule has 0 radical (unpaired) electrons. The lowest BCUT2D eigenvalue weighted by Gasteiger charge is -2.22. The van der Waals surface area contributed by atoms with E-state index in [2.05, 4.69) is 10.8 Å². The van der Waals surface area contributed by atoms with Gasteiger partial charge in [0.2, 0.25) is 0 Å². The summed E-state index contributed by atoms with van der Waals surface area (Å²) in [5.74, 6) is 0. The van der Waals surface area contributed by atoms with Crippen LogP contribution in [0.25, 0.3) is 0 Å².